The van der Waals surface area contributed by atoms with Gasteiger partial charge in [-0.25, -0.2) is 4.98 Å². The molecule has 7 heteroatoms. The predicted octanol–water partition coefficient (Wildman–Crippen LogP) is 2.35. The number of carbonyl (C=O) groups excluding carboxylic acids is 1. The van der Waals surface area contributed by atoms with Gasteiger partial charge in [-0.15, -0.1) is 0 Å². The molecule has 2 rings (SSSR count). The fourth-order valence-electron chi connectivity index (χ4n) is 2.93. The van der Waals surface area contributed by atoms with E-state index in [1.54, 1.807) is 18.2 Å². The molecule has 1 heterocycles. The van der Waals surface area contributed by atoms with Crippen molar-refractivity contribution in [1.29, 1.82) is 0 Å². The Balaban J connectivity index is 2.06. The maximum atomic E-state index is 12.7. The first-order chi connectivity index (χ1) is 12.4. The van der Waals surface area contributed by atoms with Crippen molar-refractivity contribution < 1.29 is 14.7 Å². The van der Waals surface area contributed by atoms with Crippen LogP contribution in [0.5, 0.6) is 0 Å². The lowest BCUT2D eigenvalue weighted by Gasteiger charge is -2.22. The highest BCUT2D eigenvalue weighted by Crippen LogP contribution is 2.17. The van der Waals surface area contributed by atoms with Gasteiger partial charge < -0.3 is 10.4 Å². The zero-order valence-electron chi connectivity index (χ0n) is 15.1. The summed E-state index contributed by atoms with van der Waals surface area (Å²) >= 11 is 0. The average molecular weight is 359 g/mol. The Kier molecular flexibility index (Phi) is 6.89. The van der Waals surface area contributed by atoms with Crippen molar-refractivity contribution in [2.24, 2.45) is 5.92 Å². The molecule has 2 N–H and O–H groups in total. The van der Waals surface area contributed by atoms with Crippen LogP contribution in [0.4, 0.5) is 0 Å². The van der Waals surface area contributed by atoms with E-state index in [2.05, 4.69) is 10.3 Å². The fourth-order valence-corrected chi connectivity index (χ4v) is 2.93. The third-order valence-corrected chi connectivity index (χ3v) is 4.26. The molecule has 0 aliphatic rings. The molecule has 0 aliphatic carbocycles. The number of aliphatic carboxylic acids is 1. The van der Waals surface area contributed by atoms with Crippen LogP contribution >= 0.6 is 0 Å². The van der Waals surface area contributed by atoms with Crippen molar-refractivity contribution in [3.63, 3.8) is 0 Å². The Morgan fingerprint density at radius 1 is 1.19 bits per heavy atom. The van der Waals surface area contributed by atoms with Gasteiger partial charge in [0.2, 0.25) is 5.91 Å². The van der Waals surface area contributed by atoms with E-state index in [9.17, 15) is 14.4 Å². The zero-order valence-corrected chi connectivity index (χ0v) is 15.1. The third-order valence-electron chi connectivity index (χ3n) is 4.26. The highest BCUT2D eigenvalue weighted by Gasteiger charge is 2.25. The number of hydrogen-bond acceptors (Lipinski definition) is 4. The van der Waals surface area contributed by atoms with Crippen LogP contribution in [0.2, 0.25) is 0 Å². The molecule has 0 radical (unpaired) electrons. The van der Waals surface area contributed by atoms with E-state index >= 15 is 0 Å². The van der Waals surface area contributed by atoms with Crippen molar-refractivity contribution in [1.82, 2.24) is 14.9 Å². The predicted molar refractivity (Wildman–Crippen MR) is 99.0 cm³/mol. The van der Waals surface area contributed by atoms with Gasteiger partial charge in [0.1, 0.15) is 6.04 Å². The van der Waals surface area contributed by atoms with Crippen LogP contribution in [0.25, 0.3) is 10.9 Å². The van der Waals surface area contributed by atoms with Crippen LogP contribution < -0.4 is 10.9 Å². The van der Waals surface area contributed by atoms with E-state index in [0.29, 0.717) is 30.3 Å². The Labute approximate surface area is 152 Å². The molecule has 0 fully saturated rings. The van der Waals surface area contributed by atoms with E-state index in [0.717, 1.165) is 6.42 Å². The Morgan fingerprint density at radius 2 is 1.92 bits per heavy atom. The number of rotatable bonds is 9. The van der Waals surface area contributed by atoms with Crippen molar-refractivity contribution in [2.75, 3.05) is 6.54 Å². The summed E-state index contributed by atoms with van der Waals surface area (Å²) in [7, 11) is 0. The largest absolute Gasteiger partial charge is 0.481 e. The molecule has 0 bridgehead atoms. The topological polar surface area (TPSA) is 101 Å². The zero-order chi connectivity index (χ0) is 19.1. The number of para-hydroxylation sites is 1. The lowest BCUT2D eigenvalue weighted by Crippen LogP contribution is -2.40. The third kappa shape index (κ3) is 4.91. The molecule has 0 saturated carbocycles. The number of nitrogens with one attached hydrogen (secondary N) is 1. The van der Waals surface area contributed by atoms with Crippen LogP contribution in [0, 0.1) is 5.92 Å². The monoisotopic (exact) mass is 359 g/mol. The minimum atomic E-state index is -0.808. The second kappa shape index (κ2) is 9.12. The quantitative estimate of drug-likeness (QED) is 0.669. The maximum absolute atomic E-state index is 12.7. The summed E-state index contributed by atoms with van der Waals surface area (Å²) in [6, 6.07) is 6.42. The van der Waals surface area contributed by atoms with E-state index in [4.69, 9.17) is 5.11 Å². The minimum absolute atomic E-state index is 0.0809. The molecule has 0 unspecified atom stereocenters. The molecule has 0 saturated heterocycles. The van der Waals surface area contributed by atoms with Crippen LogP contribution in [-0.2, 0) is 9.59 Å². The number of carbonyl (C=O) groups is 2. The minimum Gasteiger partial charge on any atom is -0.481 e. The molecule has 0 spiro atoms. The summed E-state index contributed by atoms with van der Waals surface area (Å²) in [5.41, 5.74) is 0.376. The lowest BCUT2D eigenvalue weighted by atomic mass is 10.0. The summed E-state index contributed by atoms with van der Waals surface area (Å²) in [5.74, 6) is -1.11. The van der Waals surface area contributed by atoms with Crippen molar-refractivity contribution >= 4 is 22.8 Å². The fraction of sp³-hybridized carbons (Fsp3) is 0.474. The molecule has 1 aromatic carbocycles. The number of carboxylic acid groups (broad SMARTS) is 1. The average Bonchev–Trinajstić information content (AvgIpc) is 2.60. The van der Waals surface area contributed by atoms with Gasteiger partial charge in [0.15, 0.2) is 0 Å². The molecule has 26 heavy (non-hydrogen) atoms. The molecule has 1 amide bonds. The Hall–Kier alpha value is -2.70. The van der Waals surface area contributed by atoms with Crippen molar-refractivity contribution in [3.8, 4) is 0 Å². The molecular weight excluding hydrogens is 334 g/mol. The summed E-state index contributed by atoms with van der Waals surface area (Å²) in [6.45, 7) is 4.23. The number of unbranched alkanes of at least 4 members (excludes halogenated alkanes) is 2. The first-order valence-electron chi connectivity index (χ1n) is 8.87. The molecule has 0 aliphatic heterocycles. The highest BCUT2D eigenvalue weighted by atomic mass is 16.4. The number of fused-ring (bicyclic) bond motifs is 1. The van der Waals surface area contributed by atoms with E-state index < -0.39 is 12.0 Å². The maximum Gasteiger partial charge on any atom is 0.303 e. The molecular formula is C19H25N3O4. The van der Waals surface area contributed by atoms with Crippen molar-refractivity contribution in [2.45, 2.75) is 45.6 Å². The number of hydrogen-bond donors (Lipinski definition) is 2. The lowest BCUT2D eigenvalue weighted by molar-refractivity contribution is -0.137. The summed E-state index contributed by atoms with van der Waals surface area (Å²) in [6.07, 6.45) is 3.60. The van der Waals surface area contributed by atoms with Crippen molar-refractivity contribution in [3.05, 3.63) is 40.9 Å². The standard InChI is InChI=1S/C19H25N3O4/c1-13(2)17(18(25)20-11-7-3-4-10-16(23)24)22-12-21-15-9-6-5-8-14(15)19(22)26/h5-6,8-9,12-13,17H,3-4,7,10-11H2,1-2H3,(H,20,25)(H,23,24)/t17-/m0/s1. The van der Waals surface area contributed by atoms with Gasteiger partial charge >= 0.3 is 5.97 Å². The summed E-state index contributed by atoms with van der Waals surface area (Å²) in [5, 5.41) is 12.0. The van der Waals surface area contributed by atoms with E-state index in [-0.39, 0.29) is 23.8 Å². The van der Waals surface area contributed by atoms with Crippen LogP contribution in [0.1, 0.15) is 45.6 Å². The number of amides is 1. The molecule has 1 atom stereocenters. The normalized spacial score (nSPS) is 12.3. The number of nitrogens with zero attached hydrogens (tertiary/aromatic N) is 2. The highest BCUT2D eigenvalue weighted by molar-refractivity contribution is 5.82. The number of carboxylic acids is 1. The smallest absolute Gasteiger partial charge is 0.303 e. The van der Waals surface area contributed by atoms with Crippen LogP contribution in [0.3, 0.4) is 0 Å². The molecule has 7 nitrogen and oxygen atoms in total. The second-order valence-corrected chi connectivity index (χ2v) is 6.66. The van der Waals surface area contributed by atoms with Gasteiger partial charge in [-0.1, -0.05) is 32.4 Å². The summed E-state index contributed by atoms with van der Waals surface area (Å²) in [4.78, 5) is 40.1. The number of benzene rings is 1. The first kappa shape index (κ1) is 19.6. The van der Waals surface area contributed by atoms with Gasteiger partial charge in [-0.2, -0.15) is 0 Å². The van der Waals surface area contributed by atoms with Crippen LogP contribution in [-0.4, -0.2) is 33.1 Å². The summed E-state index contributed by atoms with van der Waals surface area (Å²) < 4.78 is 1.40. The molecule has 140 valence electrons. The SMILES string of the molecule is CC(C)[C@@H](C(=O)NCCCCCC(=O)O)n1cnc2ccccc2c1=O. The molecule has 1 aromatic heterocycles. The first-order valence-corrected chi connectivity index (χ1v) is 8.87. The Bertz CT molecular complexity index is 829. The number of aromatic nitrogens is 2. The van der Waals surface area contributed by atoms with Crippen LogP contribution in [0.15, 0.2) is 35.4 Å². The van der Waals surface area contributed by atoms with Gasteiger partial charge in [-0.3, -0.25) is 19.0 Å². The second-order valence-electron chi connectivity index (χ2n) is 6.66. The van der Waals surface area contributed by atoms with Gasteiger partial charge in [-0.05, 0) is 30.9 Å². The van der Waals surface area contributed by atoms with E-state index in [1.165, 1.54) is 10.9 Å². The van der Waals surface area contributed by atoms with Gasteiger partial charge in [0.05, 0.1) is 17.2 Å². The Morgan fingerprint density at radius 3 is 2.62 bits per heavy atom. The van der Waals surface area contributed by atoms with Gasteiger partial charge in [0, 0.05) is 13.0 Å². The van der Waals surface area contributed by atoms with E-state index in [1.807, 2.05) is 19.9 Å². The molecule has 2 aromatic rings. The van der Waals surface area contributed by atoms with Gasteiger partial charge in [0.25, 0.3) is 5.56 Å².